The number of para-hydroxylation sites is 1. The van der Waals surface area contributed by atoms with Crippen molar-refractivity contribution < 1.29 is 4.79 Å². The van der Waals surface area contributed by atoms with E-state index < -0.39 is 5.69 Å². The normalized spacial score (nSPS) is 11.2. The number of carbonyl (C=O) groups is 1. The van der Waals surface area contributed by atoms with Crippen LogP contribution in [0.4, 0.5) is 0 Å². The molecule has 0 aliphatic carbocycles. The highest BCUT2D eigenvalue weighted by Gasteiger charge is 2.14. The Bertz CT molecular complexity index is 1860. The van der Waals surface area contributed by atoms with Crippen LogP contribution in [0.3, 0.4) is 0 Å². The summed E-state index contributed by atoms with van der Waals surface area (Å²) in [6.07, 6.45) is 3.63. The first-order chi connectivity index (χ1) is 19.4. The van der Waals surface area contributed by atoms with Gasteiger partial charge in [0.1, 0.15) is 5.65 Å². The molecule has 0 unspecified atom stereocenters. The minimum absolute atomic E-state index is 0.0380. The van der Waals surface area contributed by atoms with Gasteiger partial charge >= 0.3 is 5.69 Å². The standard InChI is InChI=1S/C30H28ClN5O4/c31-22-13-11-21(12-14-22)15-16-32-27(37)10-4-6-18-35-29(39)24-7-1-2-8-25(24)36(30(35)40)20-23-19-28(38)34-17-5-3-9-26(34)33-23/h1-3,5,7-9,11-14,17,19H,4,6,10,15-16,18,20H2,(H,32,37). The smallest absolute Gasteiger partial charge is 0.331 e. The van der Waals surface area contributed by atoms with E-state index in [1.54, 1.807) is 48.7 Å². The van der Waals surface area contributed by atoms with Crippen LogP contribution in [0.25, 0.3) is 16.6 Å². The highest BCUT2D eigenvalue weighted by molar-refractivity contribution is 6.30. The quantitative estimate of drug-likeness (QED) is 0.265. The lowest BCUT2D eigenvalue weighted by atomic mass is 10.1. The molecule has 3 aromatic heterocycles. The van der Waals surface area contributed by atoms with E-state index in [4.69, 9.17) is 11.6 Å². The second-order valence-corrected chi connectivity index (χ2v) is 9.98. The number of pyridine rings is 1. The molecule has 0 fully saturated rings. The van der Waals surface area contributed by atoms with E-state index >= 15 is 0 Å². The lowest BCUT2D eigenvalue weighted by Gasteiger charge is -2.14. The van der Waals surface area contributed by atoms with E-state index in [1.807, 2.05) is 24.3 Å². The Morgan fingerprint density at radius 3 is 2.50 bits per heavy atom. The summed E-state index contributed by atoms with van der Waals surface area (Å²) in [7, 11) is 0. The molecule has 5 rings (SSSR count). The van der Waals surface area contributed by atoms with E-state index in [-0.39, 0.29) is 30.1 Å². The van der Waals surface area contributed by atoms with Gasteiger partial charge in [0, 0.05) is 36.8 Å². The molecule has 1 amide bonds. The molecule has 0 saturated heterocycles. The van der Waals surface area contributed by atoms with E-state index in [1.165, 1.54) is 19.6 Å². The average Bonchev–Trinajstić information content (AvgIpc) is 2.96. The van der Waals surface area contributed by atoms with Gasteiger partial charge in [-0.05, 0) is 61.2 Å². The number of halogens is 1. The average molecular weight is 558 g/mol. The second kappa shape index (κ2) is 12.1. The Kier molecular flexibility index (Phi) is 8.21. The minimum atomic E-state index is -0.480. The molecule has 5 aromatic rings. The number of fused-ring (bicyclic) bond motifs is 2. The van der Waals surface area contributed by atoms with Gasteiger partial charge in [0.05, 0.1) is 23.1 Å². The summed E-state index contributed by atoms with van der Waals surface area (Å²) in [5, 5.41) is 3.98. The molecule has 1 N–H and O–H groups in total. The third-order valence-electron chi connectivity index (χ3n) is 6.76. The fourth-order valence-corrected chi connectivity index (χ4v) is 4.83. The van der Waals surface area contributed by atoms with Crippen LogP contribution < -0.4 is 22.1 Å². The Labute approximate surface area is 234 Å². The van der Waals surface area contributed by atoms with Gasteiger partial charge in [-0.1, -0.05) is 41.9 Å². The number of unbranched alkanes of at least 4 members (excludes halogenated alkanes) is 1. The number of amides is 1. The van der Waals surface area contributed by atoms with Gasteiger partial charge in [0.15, 0.2) is 0 Å². The van der Waals surface area contributed by atoms with Gasteiger partial charge in [-0.2, -0.15) is 0 Å². The summed E-state index contributed by atoms with van der Waals surface area (Å²) in [5.74, 6) is -0.0779. The number of carbonyl (C=O) groups excluding carboxylic acids is 1. The van der Waals surface area contributed by atoms with Crippen LogP contribution in [0.5, 0.6) is 0 Å². The molecule has 0 aliphatic rings. The maximum Gasteiger partial charge on any atom is 0.331 e. The first-order valence-electron chi connectivity index (χ1n) is 13.1. The van der Waals surface area contributed by atoms with Crippen LogP contribution in [0.2, 0.25) is 5.02 Å². The van der Waals surface area contributed by atoms with Crippen LogP contribution in [0, 0.1) is 0 Å². The number of aromatic nitrogens is 4. The summed E-state index contributed by atoms with van der Waals surface area (Å²) in [6, 6.07) is 21.0. The fraction of sp³-hybridized carbons (Fsp3) is 0.233. The number of benzene rings is 2. The highest BCUT2D eigenvalue weighted by atomic mass is 35.5. The number of rotatable bonds is 10. The molecule has 2 aromatic carbocycles. The maximum atomic E-state index is 13.5. The predicted octanol–water partition coefficient (Wildman–Crippen LogP) is 3.40. The number of hydrogen-bond donors (Lipinski definition) is 1. The van der Waals surface area contributed by atoms with Gasteiger partial charge in [-0.3, -0.25) is 27.9 Å². The summed E-state index contributed by atoms with van der Waals surface area (Å²) in [4.78, 5) is 56.1. The van der Waals surface area contributed by atoms with E-state index in [2.05, 4.69) is 10.3 Å². The Balaban J connectivity index is 1.28. The lowest BCUT2D eigenvalue weighted by molar-refractivity contribution is -0.121. The number of nitrogens with zero attached hydrogens (tertiary/aromatic N) is 4. The van der Waals surface area contributed by atoms with Crippen molar-refractivity contribution in [2.24, 2.45) is 0 Å². The molecule has 0 spiro atoms. The second-order valence-electron chi connectivity index (χ2n) is 9.54. The van der Waals surface area contributed by atoms with Crippen LogP contribution in [-0.4, -0.2) is 31.0 Å². The van der Waals surface area contributed by atoms with Crippen molar-refractivity contribution in [3.63, 3.8) is 0 Å². The zero-order valence-corrected chi connectivity index (χ0v) is 22.5. The van der Waals surface area contributed by atoms with Crippen LogP contribution in [-0.2, 0) is 24.3 Å². The zero-order chi connectivity index (χ0) is 28.1. The summed E-state index contributed by atoms with van der Waals surface area (Å²) in [5.41, 5.74) is 1.34. The van der Waals surface area contributed by atoms with Crippen LogP contribution >= 0.6 is 11.6 Å². The van der Waals surface area contributed by atoms with Crippen LogP contribution in [0.1, 0.15) is 30.5 Å². The van der Waals surface area contributed by atoms with Crippen molar-refractivity contribution in [2.45, 2.75) is 38.8 Å². The lowest BCUT2D eigenvalue weighted by Crippen LogP contribution is -2.40. The van der Waals surface area contributed by atoms with Gasteiger partial charge in [-0.15, -0.1) is 0 Å². The summed E-state index contributed by atoms with van der Waals surface area (Å²) >= 11 is 5.90. The summed E-state index contributed by atoms with van der Waals surface area (Å²) in [6.45, 7) is 0.729. The molecule has 10 heteroatoms. The monoisotopic (exact) mass is 557 g/mol. The maximum absolute atomic E-state index is 13.5. The Morgan fingerprint density at radius 1 is 0.900 bits per heavy atom. The first-order valence-corrected chi connectivity index (χ1v) is 13.5. The first kappa shape index (κ1) is 27.1. The van der Waals surface area contributed by atoms with Gasteiger partial charge in [-0.25, -0.2) is 9.78 Å². The number of nitrogens with one attached hydrogen (secondary N) is 1. The Hall–Kier alpha value is -4.50. The molecule has 0 saturated carbocycles. The molecular formula is C30H28ClN5O4. The van der Waals surface area contributed by atoms with Crippen molar-refractivity contribution in [3.05, 3.63) is 126 Å². The van der Waals surface area contributed by atoms with E-state index in [0.29, 0.717) is 59.5 Å². The van der Waals surface area contributed by atoms with E-state index in [9.17, 15) is 19.2 Å². The van der Waals surface area contributed by atoms with Crippen molar-refractivity contribution in [2.75, 3.05) is 6.54 Å². The largest absolute Gasteiger partial charge is 0.356 e. The fourth-order valence-electron chi connectivity index (χ4n) is 4.71. The van der Waals surface area contributed by atoms with Crippen LogP contribution in [0.15, 0.2) is 93.4 Å². The topological polar surface area (TPSA) is 107 Å². The molecule has 0 bridgehead atoms. The predicted molar refractivity (Wildman–Crippen MR) is 155 cm³/mol. The number of hydrogen-bond acceptors (Lipinski definition) is 5. The molecule has 3 heterocycles. The summed E-state index contributed by atoms with van der Waals surface area (Å²) < 4.78 is 4.11. The van der Waals surface area contributed by atoms with Crippen molar-refractivity contribution in [3.8, 4) is 0 Å². The molecule has 40 heavy (non-hydrogen) atoms. The van der Waals surface area contributed by atoms with Gasteiger partial charge in [0.25, 0.3) is 11.1 Å². The SMILES string of the molecule is O=C(CCCCn1c(=O)c2ccccc2n(Cc2cc(=O)n3ccccc3n2)c1=O)NCCc1ccc(Cl)cc1. The van der Waals surface area contributed by atoms with E-state index in [0.717, 1.165) is 5.56 Å². The minimum Gasteiger partial charge on any atom is -0.356 e. The third-order valence-corrected chi connectivity index (χ3v) is 7.01. The molecular weight excluding hydrogens is 530 g/mol. The van der Waals surface area contributed by atoms with Crippen molar-refractivity contribution >= 4 is 34.1 Å². The van der Waals surface area contributed by atoms with Crippen molar-refractivity contribution in [1.29, 1.82) is 0 Å². The highest BCUT2D eigenvalue weighted by Crippen LogP contribution is 2.11. The van der Waals surface area contributed by atoms with Crippen molar-refractivity contribution in [1.82, 2.24) is 23.8 Å². The molecule has 0 radical (unpaired) electrons. The molecule has 204 valence electrons. The molecule has 9 nitrogen and oxygen atoms in total. The van der Waals surface area contributed by atoms with Gasteiger partial charge < -0.3 is 5.32 Å². The van der Waals surface area contributed by atoms with Gasteiger partial charge in [0.2, 0.25) is 5.91 Å². The zero-order valence-electron chi connectivity index (χ0n) is 21.8. The Morgan fingerprint density at radius 2 is 1.68 bits per heavy atom. The molecule has 0 aliphatic heterocycles. The molecule has 0 atom stereocenters. The third kappa shape index (κ3) is 6.05.